The molecule has 11 N–H and O–H groups in total. The molecule has 1 saturated carbocycles. The van der Waals surface area contributed by atoms with Crippen LogP contribution < -0.4 is 27.8 Å². The molecule has 3 atom stereocenters. The minimum Gasteiger partial charge on any atom is -0.478 e. The average molecular weight is 645 g/mol. The molecule has 43 heavy (non-hydrogen) atoms. The molecule has 3 unspecified atom stereocenters. The molecule has 0 aromatic carbocycles. The van der Waals surface area contributed by atoms with Crippen LogP contribution in [0, 0.1) is 0 Å². The third-order valence-corrected chi connectivity index (χ3v) is 7.85. The van der Waals surface area contributed by atoms with Gasteiger partial charge in [-0.05, 0) is 0 Å². The van der Waals surface area contributed by atoms with Gasteiger partial charge in [-0.3, -0.25) is 14.1 Å². The van der Waals surface area contributed by atoms with Crippen LogP contribution in [0.15, 0.2) is 21.7 Å². The standard InChI is InChI=1S/C20H28N12O9S2/c21-3-10(33)6-25-18(22)24-4-9-5-26-31(29-9)7-12-14(16(35)32(12)43(38,39)40)28-15(34)13(11-8-42-19(23)27-11)30-41-20(1-2-20)17(36)37/h5,8,10,12,14,33H,1-4,6-7,21H2,(H2,23,27)(H,28,34)(H,36,37)(H3,22,24,25)(H,38,39,40). The molecule has 21 nitrogen and oxygen atoms in total. The van der Waals surface area contributed by atoms with E-state index in [2.05, 4.69) is 36.0 Å². The van der Waals surface area contributed by atoms with Crippen molar-refractivity contribution < 1.29 is 42.4 Å². The highest BCUT2D eigenvalue weighted by Gasteiger charge is 2.56. The Balaban J connectivity index is 1.49. The van der Waals surface area contributed by atoms with Crippen molar-refractivity contribution in [1.82, 2.24) is 34.9 Å². The third-order valence-electron chi connectivity index (χ3n) is 6.23. The minimum atomic E-state index is -5.04. The van der Waals surface area contributed by atoms with E-state index in [9.17, 15) is 37.6 Å². The number of aromatic nitrogens is 4. The van der Waals surface area contributed by atoms with E-state index in [-0.39, 0.29) is 59.3 Å². The van der Waals surface area contributed by atoms with Crippen molar-refractivity contribution in [2.75, 3.05) is 18.8 Å². The molecule has 2 aliphatic rings. The van der Waals surface area contributed by atoms with E-state index in [0.717, 1.165) is 16.1 Å². The van der Waals surface area contributed by atoms with Gasteiger partial charge in [0.1, 0.15) is 23.5 Å². The van der Waals surface area contributed by atoms with E-state index in [1.54, 1.807) is 0 Å². The molecule has 1 saturated heterocycles. The van der Waals surface area contributed by atoms with Crippen LogP contribution >= 0.6 is 11.3 Å². The van der Waals surface area contributed by atoms with Crippen LogP contribution in [0.5, 0.6) is 0 Å². The predicted octanol–water partition coefficient (Wildman–Crippen LogP) is -4.42. The first-order valence-electron chi connectivity index (χ1n) is 12.4. The molecule has 23 heteroatoms. The predicted molar refractivity (Wildman–Crippen MR) is 146 cm³/mol. The Morgan fingerprint density at radius 2 is 2.07 bits per heavy atom. The van der Waals surface area contributed by atoms with Crippen molar-refractivity contribution in [2.24, 2.45) is 21.6 Å². The van der Waals surface area contributed by atoms with Crippen molar-refractivity contribution in [3.05, 3.63) is 23.0 Å². The molecule has 0 radical (unpaired) electrons. The van der Waals surface area contributed by atoms with Crippen molar-refractivity contribution in [3.63, 3.8) is 0 Å². The molecule has 3 heterocycles. The molecule has 2 aromatic rings. The Morgan fingerprint density at radius 3 is 2.65 bits per heavy atom. The number of carboxylic acid groups (broad SMARTS) is 1. The van der Waals surface area contributed by atoms with Crippen molar-refractivity contribution in [1.29, 1.82) is 0 Å². The summed E-state index contributed by atoms with van der Waals surface area (Å²) < 4.78 is 33.6. The number of nitrogen functional groups attached to an aromatic ring is 1. The summed E-state index contributed by atoms with van der Waals surface area (Å²) in [5.74, 6) is -3.52. The molecular weight excluding hydrogens is 616 g/mol. The lowest BCUT2D eigenvalue weighted by Gasteiger charge is -2.43. The summed E-state index contributed by atoms with van der Waals surface area (Å²) >= 11 is 0.953. The van der Waals surface area contributed by atoms with Crippen LogP contribution in [0.3, 0.4) is 0 Å². The summed E-state index contributed by atoms with van der Waals surface area (Å²) in [5, 5.41) is 37.0. The number of β-lactam (4-membered cyclic amide) rings is 1. The fourth-order valence-corrected chi connectivity index (χ4v) is 5.15. The molecule has 0 bridgehead atoms. The fraction of sp³-hybridized carbons (Fsp3) is 0.500. The number of carbonyl (C=O) groups excluding carboxylic acids is 2. The van der Waals surface area contributed by atoms with Gasteiger partial charge in [0.15, 0.2) is 16.8 Å². The summed E-state index contributed by atoms with van der Waals surface area (Å²) in [6, 6.07) is -2.89. The zero-order chi connectivity index (χ0) is 31.5. The van der Waals surface area contributed by atoms with Gasteiger partial charge < -0.3 is 42.9 Å². The van der Waals surface area contributed by atoms with Crippen LogP contribution in [0.4, 0.5) is 5.13 Å². The number of hydrogen-bond acceptors (Lipinski definition) is 15. The topological polar surface area (TPSA) is 329 Å². The number of aliphatic hydroxyl groups is 1. The third kappa shape index (κ3) is 7.31. The van der Waals surface area contributed by atoms with Crippen LogP contribution in [0.25, 0.3) is 0 Å². The maximum Gasteiger partial charge on any atom is 0.362 e. The Bertz CT molecular complexity index is 1550. The molecular formula is C20H28N12O9S2. The van der Waals surface area contributed by atoms with E-state index >= 15 is 0 Å². The normalized spacial score (nSPS) is 20.7. The maximum absolute atomic E-state index is 13.2. The number of rotatable bonds is 14. The number of nitrogens with one attached hydrogen (secondary N) is 2. The largest absolute Gasteiger partial charge is 0.478 e. The second-order valence-electron chi connectivity index (χ2n) is 9.39. The number of thiazole rings is 1. The number of carbonyl (C=O) groups is 3. The monoisotopic (exact) mass is 644 g/mol. The van der Waals surface area contributed by atoms with Gasteiger partial charge in [-0.2, -0.15) is 23.4 Å². The van der Waals surface area contributed by atoms with Crippen LogP contribution in [-0.4, -0.2) is 114 Å². The first-order chi connectivity index (χ1) is 20.2. The molecule has 2 aromatic heterocycles. The van der Waals surface area contributed by atoms with Crippen molar-refractivity contribution >= 4 is 56.2 Å². The first-order valence-corrected chi connectivity index (χ1v) is 14.6. The summed E-state index contributed by atoms with van der Waals surface area (Å²) in [7, 11) is -5.04. The van der Waals surface area contributed by atoms with Gasteiger partial charge >= 0.3 is 16.3 Å². The van der Waals surface area contributed by atoms with Gasteiger partial charge in [-0.15, -0.1) is 11.3 Å². The van der Waals surface area contributed by atoms with Crippen LogP contribution in [0.2, 0.25) is 0 Å². The number of hydrogen-bond donors (Lipinski definition) is 8. The van der Waals surface area contributed by atoms with E-state index in [1.807, 2.05) is 0 Å². The second-order valence-corrected chi connectivity index (χ2v) is 11.6. The summed E-state index contributed by atoms with van der Waals surface area (Å²) in [6.45, 7) is -0.363. The van der Waals surface area contributed by atoms with Gasteiger partial charge in [0, 0.05) is 31.3 Å². The zero-order valence-electron chi connectivity index (χ0n) is 22.1. The highest BCUT2D eigenvalue weighted by atomic mass is 32.2. The SMILES string of the molecule is NCC(O)CNC(N)=NCc1cnn(CC2C(NC(=O)C(=NOC3(C(=O)O)CC3)c3csc(N)n3)C(=O)N2S(=O)(=O)O)n1. The molecule has 2 amide bonds. The van der Waals surface area contributed by atoms with Crippen molar-refractivity contribution in [2.45, 2.75) is 49.7 Å². The minimum absolute atomic E-state index is 0.00811. The van der Waals surface area contributed by atoms with Crippen LogP contribution in [0.1, 0.15) is 24.2 Å². The average Bonchev–Trinajstić information content (AvgIpc) is 3.41. The number of aliphatic carboxylic acids is 1. The van der Waals surface area contributed by atoms with Gasteiger partial charge in [-0.1, -0.05) is 5.16 Å². The van der Waals surface area contributed by atoms with Crippen molar-refractivity contribution in [3.8, 4) is 0 Å². The lowest BCUT2D eigenvalue weighted by atomic mass is 9.98. The Labute approximate surface area is 246 Å². The Morgan fingerprint density at radius 1 is 1.35 bits per heavy atom. The summed E-state index contributed by atoms with van der Waals surface area (Å²) in [6.07, 6.45) is 0.768. The number of oxime groups is 1. The van der Waals surface area contributed by atoms with E-state index in [0.29, 0.717) is 0 Å². The number of nitrogens with two attached hydrogens (primary N) is 3. The fourth-order valence-electron chi connectivity index (χ4n) is 3.73. The van der Waals surface area contributed by atoms with Gasteiger partial charge in [0.05, 0.1) is 25.4 Å². The highest BCUT2D eigenvalue weighted by Crippen LogP contribution is 2.40. The molecule has 234 valence electrons. The number of carboxylic acids is 1. The molecule has 4 rings (SSSR count). The van der Waals surface area contributed by atoms with E-state index in [4.69, 9.17) is 22.0 Å². The smallest absolute Gasteiger partial charge is 0.362 e. The molecule has 1 aliphatic heterocycles. The Hall–Kier alpha value is -4.45. The lowest BCUT2D eigenvalue weighted by Crippen LogP contribution is -2.73. The van der Waals surface area contributed by atoms with E-state index in [1.165, 1.54) is 11.6 Å². The quantitative estimate of drug-likeness (QED) is 0.0316. The number of aliphatic hydroxyl groups excluding tert-OH is 1. The molecule has 0 spiro atoms. The van der Waals surface area contributed by atoms with Gasteiger partial charge in [0.25, 0.3) is 11.8 Å². The first kappa shape index (κ1) is 31.5. The van der Waals surface area contributed by atoms with Crippen LogP contribution in [-0.2, 0) is 42.6 Å². The Kier molecular flexibility index (Phi) is 9.09. The summed E-state index contributed by atoms with van der Waals surface area (Å²) in [5.41, 5.74) is 14.8. The number of aliphatic imine (C=N–C) groups is 1. The number of nitrogens with zero attached hydrogens (tertiary/aromatic N) is 7. The maximum atomic E-state index is 13.2. The van der Waals surface area contributed by atoms with Gasteiger partial charge in [0.2, 0.25) is 5.60 Å². The van der Waals surface area contributed by atoms with E-state index < -0.39 is 64.1 Å². The molecule has 2 fully saturated rings. The molecule has 1 aliphatic carbocycles. The lowest BCUT2D eigenvalue weighted by molar-refractivity contribution is -0.153. The second kappa shape index (κ2) is 12.4. The number of guanidine groups is 1. The zero-order valence-corrected chi connectivity index (χ0v) is 23.7. The highest BCUT2D eigenvalue weighted by molar-refractivity contribution is 7.84. The summed E-state index contributed by atoms with van der Waals surface area (Å²) in [4.78, 5) is 51.5. The number of amides is 2. The number of anilines is 1. The van der Waals surface area contributed by atoms with Gasteiger partial charge in [-0.25, -0.2) is 19.1 Å².